The van der Waals surface area contributed by atoms with Crippen LogP contribution in [-0.4, -0.2) is 45.2 Å². The number of Topliss-reactive ketones (excluding diaryl/α,β-unsaturated/α-hetero) is 1. The van der Waals surface area contributed by atoms with Gasteiger partial charge < -0.3 is 9.64 Å². The molecule has 3 aromatic rings. The van der Waals surface area contributed by atoms with Gasteiger partial charge in [0.25, 0.3) is 0 Å². The SMILES string of the molecule is CCOc1cccc(Cn2ncc3c(N4CCC(C(=O)C5CCC(C)CC5)CC4)ncnc32)c1. The maximum atomic E-state index is 13.1. The summed E-state index contributed by atoms with van der Waals surface area (Å²) in [5.74, 6) is 3.58. The van der Waals surface area contributed by atoms with Crippen LogP contribution in [0.2, 0.25) is 0 Å². The molecule has 34 heavy (non-hydrogen) atoms. The van der Waals surface area contributed by atoms with Gasteiger partial charge in [0, 0.05) is 24.9 Å². The van der Waals surface area contributed by atoms with Crippen LogP contribution in [0.25, 0.3) is 11.0 Å². The molecule has 0 radical (unpaired) electrons. The monoisotopic (exact) mass is 461 g/mol. The predicted molar refractivity (Wildman–Crippen MR) is 133 cm³/mol. The van der Waals surface area contributed by atoms with E-state index in [0.29, 0.717) is 18.9 Å². The van der Waals surface area contributed by atoms with Crippen molar-refractivity contribution in [1.29, 1.82) is 0 Å². The van der Waals surface area contributed by atoms with Gasteiger partial charge in [-0.15, -0.1) is 0 Å². The number of hydrogen-bond acceptors (Lipinski definition) is 6. The number of fused-ring (bicyclic) bond motifs is 1. The first-order valence-electron chi connectivity index (χ1n) is 12.8. The molecule has 1 aliphatic carbocycles. The lowest BCUT2D eigenvalue weighted by atomic mass is 9.76. The summed E-state index contributed by atoms with van der Waals surface area (Å²) in [7, 11) is 0. The van der Waals surface area contributed by atoms with Gasteiger partial charge in [-0.2, -0.15) is 5.10 Å². The fraction of sp³-hybridized carbons (Fsp3) is 0.556. The largest absolute Gasteiger partial charge is 0.494 e. The minimum absolute atomic E-state index is 0.201. The Morgan fingerprint density at radius 3 is 2.59 bits per heavy atom. The van der Waals surface area contributed by atoms with Gasteiger partial charge in [-0.3, -0.25) is 4.79 Å². The molecule has 0 unspecified atom stereocenters. The number of piperidine rings is 1. The third-order valence-electron chi connectivity index (χ3n) is 7.57. The summed E-state index contributed by atoms with van der Waals surface area (Å²) in [6, 6.07) is 8.10. The molecule has 2 aromatic heterocycles. The standard InChI is InChI=1S/C27H35N5O2/c1-3-34-23-6-4-5-20(15-23)17-32-27-24(16-30-32)26(28-18-29-27)31-13-11-22(12-14-31)25(33)21-9-7-19(2)8-10-21/h4-6,15-16,18-19,21-22H,3,7-14,17H2,1-2H3. The molecule has 0 bridgehead atoms. The first-order chi connectivity index (χ1) is 16.6. The van der Waals surface area contributed by atoms with Gasteiger partial charge >= 0.3 is 0 Å². The van der Waals surface area contributed by atoms with Crippen molar-refractivity contribution in [3.63, 3.8) is 0 Å². The van der Waals surface area contributed by atoms with Crippen molar-refractivity contribution in [3.8, 4) is 5.75 Å². The molecule has 1 aromatic carbocycles. The summed E-state index contributed by atoms with van der Waals surface area (Å²) >= 11 is 0. The predicted octanol–water partition coefficient (Wildman–Crippen LogP) is 4.89. The zero-order valence-corrected chi connectivity index (χ0v) is 20.3. The minimum Gasteiger partial charge on any atom is -0.494 e. The number of benzene rings is 1. The van der Waals surface area contributed by atoms with Gasteiger partial charge in [0.05, 0.1) is 24.7 Å². The maximum absolute atomic E-state index is 13.1. The molecule has 0 amide bonds. The highest BCUT2D eigenvalue weighted by molar-refractivity contribution is 5.87. The average molecular weight is 462 g/mol. The van der Waals surface area contributed by atoms with E-state index < -0.39 is 0 Å². The first-order valence-corrected chi connectivity index (χ1v) is 12.8. The zero-order chi connectivity index (χ0) is 23.5. The molecule has 1 aliphatic heterocycles. The Labute approximate surface area is 201 Å². The third-order valence-corrected chi connectivity index (χ3v) is 7.57. The number of ketones is 1. The van der Waals surface area contributed by atoms with E-state index in [4.69, 9.17) is 4.74 Å². The van der Waals surface area contributed by atoms with Gasteiger partial charge in [-0.05, 0) is 56.2 Å². The smallest absolute Gasteiger partial charge is 0.163 e. The van der Waals surface area contributed by atoms with Crippen LogP contribution in [0.15, 0.2) is 36.8 Å². The summed E-state index contributed by atoms with van der Waals surface area (Å²) in [5, 5.41) is 5.59. The van der Waals surface area contributed by atoms with Gasteiger partial charge in [0.2, 0.25) is 0 Å². The number of nitrogens with zero attached hydrogens (tertiary/aromatic N) is 5. The lowest BCUT2D eigenvalue weighted by Crippen LogP contribution is -2.39. The van der Waals surface area contributed by atoms with Crippen molar-refractivity contribution < 1.29 is 9.53 Å². The van der Waals surface area contributed by atoms with E-state index in [9.17, 15) is 4.79 Å². The van der Waals surface area contributed by atoms with E-state index in [1.54, 1.807) is 6.33 Å². The van der Waals surface area contributed by atoms with E-state index in [1.165, 1.54) is 12.8 Å². The van der Waals surface area contributed by atoms with Crippen molar-refractivity contribution in [2.24, 2.45) is 17.8 Å². The number of aromatic nitrogens is 4. The molecule has 1 saturated heterocycles. The lowest BCUT2D eigenvalue weighted by Gasteiger charge is -2.35. The molecule has 7 heteroatoms. The minimum atomic E-state index is 0.201. The quantitative estimate of drug-likeness (QED) is 0.499. The molecule has 180 valence electrons. The van der Waals surface area contributed by atoms with Gasteiger partial charge in [0.1, 0.15) is 23.7 Å². The van der Waals surface area contributed by atoms with E-state index in [1.807, 2.05) is 36.0 Å². The fourth-order valence-corrected chi connectivity index (χ4v) is 5.58. The Balaban J connectivity index is 1.27. The van der Waals surface area contributed by atoms with Crippen LogP contribution in [0, 0.1) is 17.8 Å². The highest BCUT2D eigenvalue weighted by atomic mass is 16.5. The molecular formula is C27H35N5O2. The number of carbonyl (C=O) groups is 1. The van der Waals surface area contributed by atoms with Crippen LogP contribution in [0.4, 0.5) is 5.82 Å². The van der Waals surface area contributed by atoms with Crippen LogP contribution < -0.4 is 9.64 Å². The van der Waals surface area contributed by atoms with Crippen LogP contribution in [-0.2, 0) is 11.3 Å². The first kappa shape index (κ1) is 22.8. The van der Waals surface area contributed by atoms with Crippen molar-refractivity contribution in [2.75, 3.05) is 24.6 Å². The molecule has 3 heterocycles. The van der Waals surface area contributed by atoms with Crippen LogP contribution in [0.5, 0.6) is 5.75 Å². The van der Waals surface area contributed by atoms with E-state index in [0.717, 1.165) is 72.9 Å². The van der Waals surface area contributed by atoms with E-state index in [2.05, 4.69) is 33.0 Å². The topological polar surface area (TPSA) is 73.1 Å². The van der Waals surface area contributed by atoms with Crippen molar-refractivity contribution in [2.45, 2.75) is 58.9 Å². The molecule has 7 nitrogen and oxygen atoms in total. The van der Waals surface area contributed by atoms with E-state index >= 15 is 0 Å². The van der Waals surface area contributed by atoms with Crippen LogP contribution in [0.3, 0.4) is 0 Å². The summed E-state index contributed by atoms with van der Waals surface area (Å²) in [5.41, 5.74) is 1.95. The number of carbonyl (C=O) groups excluding carboxylic acids is 1. The number of anilines is 1. The van der Waals surface area contributed by atoms with Gasteiger partial charge in [-0.1, -0.05) is 31.9 Å². The molecule has 2 fully saturated rings. The van der Waals surface area contributed by atoms with Crippen LogP contribution in [0.1, 0.15) is 57.9 Å². The third kappa shape index (κ3) is 4.79. The fourth-order valence-electron chi connectivity index (χ4n) is 5.58. The van der Waals surface area contributed by atoms with Crippen molar-refractivity contribution in [3.05, 3.63) is 42.4 Å². The molecule has 1 saturated carbocycles. The Morgan fingerprint density at radius 1 is 1.06 bits per heavy atom. The molecular weight excluding hydrogens is 426 g/mol. The molecule has 5 rings (SSSR count). The van der Waals surface area contributed by atoms with Gasteiger partial charge in [0.15, 0.2) is 5.65 Å². The van der Waals surface area contributed by atoms with E-state index in [-0.39, 0.29) is 11.8 Å². The van der Waals surface area contributed by atoms with Crippen molar-refractivity contribution >= 4 is 22.6 Å². The Morgan fingerprint density at radius 2 is 1.82 bits per heavy atom. The summed E-state index contributed by atoms with van der Waals surface area (Å²) in [6.45, 7) is 7.27. The van der Waals surface area contributed by atoms with Crippen molar-refractivity contribution in [1.82, 2.24) is 19.7 Å². The zero-order valence-electron chi connectivity index (χ0n) is 20.3. The maximum Gasteiger partial charge on any atom is 0.163 e. The summed E-state index contributed by atoms with van der Waals surface area (Å²) in [6.07, 6.45) is 9.90. The normalized spacial score (nSPS) is 21.6. The second-order valence-corrected chi connectivity index (χ2v) is 9.94. The number of ether oxygens (including phenoxy) is 1. The van der Waals surface area contributed by atoms with Gasteiger partial charge in [-0.25, -0.2) is 14.6 Å². The highest BCUT2D eigenvalue weighted by Crippen LogP contribution is 2.34. The average Bonchev–Trinajstić information content (AvgIpc) is 3.27. The highest BCUT2D eigenvalue weighted by Gasteiger charge is 2.32. The summed E-state index contributed by atoms with van der Waals surface area (Å²) < 4.78 is 7.56. The second kappa shape index (κ2) is 10.1. The summed E-state index contributed by atoms with van der Waals surface area (Å²) in [4.78, 5) is 24.5. The number of rotatable bonds is 7. The number of hydrogen-bond donors (Lipinski definition) is 0. The lowest BCUT2D eigenvalue weighted by molar-refractivity contribution is -0.128. The Kier molecular flexibility index (Phi) is 6.79. The molecule has 2 aliphatic rings. The second-order valence-electron chi connectivity index (χ2n) is 9.94. The molecule has 0 atom stereocenters. The van der Waals surface area contributed by atoms with Crippen LogP contribution >= 0.6 is 0 Å². The Hall–Kier alpha value is -2.96. The molecule has 0 N–H and O–H groups in total. The Bertz CT molecular complexity index is 1130. The molecule has 0 spiro atoms.